The Balaban J connectivity index is 1.59. The van der Waals surface area contributed by atoms with E-state index < -0.39 is 10.4 Å². The first-order chi connectivity index (χ1) is 13.9. The summed E-state index contributed by atoms with van der Waals surface area (Å²) in [4.78, 5) is 7.98. The molecule has 2 heterocycles. The summed E-state index contributed by atoms with van der Waals surface area (Å²) in [5.74, 6) is 1.26. The highest BCUT2D eigenvalue weighted by molar-refractivity contribution is 7.81. The quantitative estimate of drug-likeness (QED) is 0.394. The van der Waals surface area contributed by atoms with Gasteiger partial charge in [0.2, 0.25) is 0 Å². The molecule has 29 heavy (non-hydrogen) atoms. The highest BCUT2D eigenvalue weighted by Gasteiger charge is 2.12. The lowest BCUT2D eigenvalue weighted by Crippen LogP contribution is -2.09. The van der Waals surface area contributed by atoms with Gasteiger partial charge in [-0.1, -0.05) is 17.7 Å². The Hall–Kier alpha value is -2.88. The lowest BCUT2D eigenvalue weighted by Gasteiger charge is -2.12. The number of benzene rings is 1. The number of rotatable bonds is 9. The normalized spacial score (nSPS) is 11.1. The topological polar surface area (TPSA) is 108 Å². The van der Waals surface area contributed by atoms with Crippen LogP contribution in [0.15, 0.2) is 61.1 Å². The van der Waals surface area contributed by atoms with Crippen LogP contribution in [0.2, 0.25) is 5.02 Å². The highest BCUT2D eigenvalue weighted by atomic mass is 35.5. The summed E-state index contributed by atoms with van der Waals surface area (Å²) in [6.07, 6.45) is 5.30. The Bertz CT molecular complexity index is 1080. The Morgan fingerprint density at radius 2 is 1.93 bits per heavy atom. The predicted octanol–water partition coefficient (Wildman–Crippen LogP) is 4.12. The molecule has 0 fully saturated rings. The van der Waals surface area contributed by atoms with Gasteiger partial charge < -0.3 is 13.7 Å². The number of hydrogen-bond acceptors (Lipinski definition) is 7. The van der Waals surface area contributed by atoms with Gasteiger partial charge in [-0.25, -0.2) is 4.98 Å². The number of aromatic nitrogens is 2. The van der Waals surface area contributed by atoms with Crippen LogP contribution in [0.5, 0.6) is 23.1 Å². The van der Waals surface area contributed by atoms with Crippen molar-refractivity contribution >= 4 is 22.0 Å². The maximum Gasteiger partial charge on any atom is 0.446 e. The molecular weight excluding hydrogens is 420 g/mol. The Kier molecular flexibility index (Phi) is 6.86. The molecule has 0 aliphatic carbocycles. The van der Waals surface area contributed by atoms with Gasteiger partial charge in [-0.3, -0.25) is 9.54 Å². The lowest BCUT2D eigenvalue weighted by molar-refractivity contribution is 0.292. The van der Waals surface area contributed by atoms with E-state index in [0.717, 1.165) is 0 Å². The van der Waals surface area contributed by atoms with Crippen molar-refractivity contribution in [3.8, 4) is 23.1 Å². The molecule has 3 aromatic rings. The van der Waals surface area contributed by atoms with Gasteiger partial charge in [0.05, 0.1) is 12.8 Å². The van der Waals surface area contributed by atoms with E-state index in [-0.39, 0.29) is 5.75 Å². The number of nitrogens with zero attached hydrogens (tertiary/aromatic N) is 2. The average Bonchev–Trinajstić information content (AvgIpc) is 2.66. The van der Waals surface area contributed by atoms with Crippen molar-refractivity contribution in [1.29, 1.82) is 0 Å². The molecule has 0 amide bonds. The first-order valence-corrected chi connectivity index (χ1v) is 10.3. The molecule has 0 aliphatic rings. The third kappa shape index (κ3) is 6.60. The summed E-state index contributed by atoms with van der Waals surface area (Å²) in [7, 11) is -4.62. The van der Waals surface area contributed by atoms with Gasteiger partial charge in [0, 0.05) is 17.4 Å². The van der Waals surface area contributed by atoms with Gasteiger partial charge >= 0.3 is 10.4 Å². The molecule has 2 aromatic heterocycles. The van der Waals surface area contributed by atoms with E-state index in [9.17, 15) is 8.42 Å². The largest absolute Gasteiger partial charge is 0.488 e. The molecule has 1 N–H and O–H groups in total. The van der Waals surface area contributed by atoms with Gasteiger partial charge in [0.15, 0.2) is 11.5 Å². The minimum absolute atomic E-state index is 0.0265. The molecule has 0 saturated heterocycles. The molecule has 0 radical (unpaired) electrons. The lowest BCUT2D eigenvalue weighted by atomic mass is 10.1. The fourth-order valence-corrected chi connectivity index (χ4v) is 3.01. The molecule has 0 bridgehead atoms. The molecule has 8 nitrogen and oxygen atoms in total. The zero-order chi connectivity index (χ0) is 20.7. The number of halogens is 1. The second-order valence-electron chi connectivity index (χ2n) is 5.81. The van der Waals surface area contributed by atoms with Crippen LogP contribution in [-0.4, -0.2) is 29.5 Å². The van der Waals surface area contributed by atoms with Crippen molar-refractivity contribution in [2.24, 2.45) is 0 Å². The van der Waals surface area contributed by atoms with E-state index in [4.69, 9.17) is 25.6 Å². The van der Waals surface area contributed by atoms with Crippen LogP contribution in [-0.2, 0) is 16.8 Å². The Labute approximate surface area is 173 Å². The van der Waals surface area contributed by atoms with Gasteiger partial charge in [-0.2, -0.15) is 8.42 Å². The van der Waals surface area contributed by atoms with Crippen molar-refractivity contribution in [2.75, 3.05) is 6.61 Å². The van der Waals surface area contributed by atoms with Crippen molar-refractivity contribution in [1.82, 2.24) is 9.97 Å². The second kappa shape index (κ2) is 9.55. The maximum absolute atomic E-state index is 10.9. The summed E-state index contributed by atoms with van der Waals surface area (Å²) in [6.45, 7) is 0.311. The van der Waals surface area contributed by atoms with Crippen LogP contribution in [0, 0.1) is 0 Å². The van der Waals surface area contributed by atoms with Crippen LogP contribution >= 0.6 is 11.6 Å². The van der Waals surface area contributed by atoms with Crippen LogP contribution in [0.4, 0.5) is 0 Å². The highest BCUT2D eigenvalue weighted by Crippen LogP contribution is 2.30. The van der Waals surface area contributed by atoms with Crippen molar-refractivity contribution in [3.63, 3.8) is 0 Å². The summed E-state index contributed by atoms with van der Waals surface area (Å²) in [6, 6.07) is 12.0. The van der Waals surface area contributed by atoms with Crippen LogP contribution in [0.25, 0.3) is 0 Å². The molecule has 0 unspecified atom stereocenters. The SMILES string of the molecule is O=S(=O)(O)Oc1cnccc1CCCOc1cccnc1Oc1cccc(Cl)c1. The fourth-order valence-electron chi connectivity index (χ4n) is 2.45. The van der Waals surface area contributed by atoms with Gasteiger partial charge in [-0.05, 0) is 54.8 Å². The third-order valence-corrected chi connectivity index (χ3v) is 4.29. The summed E-state index contributed by atoms with van der Waals surface area (Å²) in [5, 5.41) is 0.543. The smallest absolute Gasteiger partial charge is 0.446 e. The minimum Gasteiger partial charge on any atom is -0.488 e. The van der Waals surface area contributed by atoms with Crippen LogP contribution in [0.1, 0.15) is 12.0 Å². The first kappa shape index (κ1) is 20.8. The summed E-state index contributed by atoms with van der Waals surface area (Å²) < 4.78 is 46.7. The van der Waals surface area contributed by atoms with Crippen LogP contribution < -0.4 is 13.7 Å². The monoisotopic (exact) mass is 436 g/mol. The Morgan fingerprint density at radius 1 is 1.07 bits per heavy atom. The van der Waals surface area contributed by atoms with Crippen molar-refractivity contribution in [2.45, 2.75) is 12.8 Å². The number of ether oxygens (including phenoxy) is 2. The van der Waals surface area contributed by atoms with Gasteiger partial charge in [-0.15, -0.1) is 0 Å². The fraction of sp³-hybridized carbons (Fsp3) is 0.158. The minimum atomic E-state index is -4.62. The Morgan fingerprint density at radius 3 is 2.72 bits per heavy atom. The number of pyridine rings is 2. The van der Waals surface area contributed by atoms with E-state index in [1.165, 1.54) is 12.4 Å². The van der Waals surface area contributed by atoms with E-state index in [0.29, 0.717) is 47.4 Å². The van der Waals surface area contributed by atoms with Crippen LogP contribution in [0.3, 0.4) is 0 Å². The molecule has 10 heteroatoms. The van der Waals surface area contributed by atoms with E-state index >= 15 is 0 Å². The molecule has 0 aliphatic heterocycles. The molecule has 3 rings (SSSR count). The average molecular weight is 437 g/mol. The molecule has 1 aromatic carbocycles. The maximum atomic E-state index is 10.9. The standard InChI is InChI=1S/C19H17ClN2O6S/c20-15-5-1-6-16(12-15)27-19-17(7-2-9-22-19)26-11-3-4-14-8-10-21-13-18(14)28-29(23,24)25/h1-2,5-10,12-13H,3-4,11H2,(H,23,24,25). The number of aryl methyl sites for hydroxylation is 1. The van der Waals surface area contributed by atoms with Crippen molar-refractivity contribution < 1.29 is 26.6 Å². The summed E-state index contributed by atoms with van der Waals surface area (Å²) >= 11 is 5.96. The van der Waals surface area contributed by atoms with E-state index in [1.807, 2.05) is 0 Å². The third-order valence-electron chi connectivity index (χ3n) is 3.66. The van der Waals surface area contributed by atoms with Gasteiger partial charge in [0.25, 0.3) is 5.88 Å². The number of hydrogen-bond donors (Lipinski definition) is 1. The van der Waals surface area contributed by atoms with E-state index in [1.54, 1.807) is 48.7 Å². The van der Waals surface area contributed by atoms with Crippen molar-refractivity contribution in [3.05, 3.63) is 71.6 Å². The molecule has 0 spiro atoms. The van der Waals surface area contributed by atoms with E-state index in [2.05, 4.69) is 14.2 Å². The molecule has 152 valence electrons. The first-order valence-electron chi connectivity index (χ1n) is 8.52. The second-order valence-corrected chi connectivity index (χ2v) is 7.27. The zero-order valence-corrected chi connectivity index (χ0v) is 16.6. The molecule has 0 saturated carbocycles. The zero-order valence-electron chi connectivity index (χ0n) is 15.1. The summed E-state index contributed by atoms with van der Waals surface area (Å²) in [5.41, 5.74) is 0.572. The molecular formula is C19H17ClN2O6S. The van der Waals surface area contributed by atoms with Gasteiger partial charge in [0.1, 0.15) is 5.75 Å². The molecule has 0 atom stereocenters. The predicted molar refractivity (Wildman–Crippen MR) is 106 cm³/mol.